The van der Waals surface area contributed by atoms with Crippen molar-refractivity contribution in [2.75, 3.05) is 13.1 Å². The maximum absolute atomic E-state index is 4.46. The van der Waals surface area contributed by atoms with E-state index in [-0.39, 0.29) is 0 Å². The van der Waals surface area contributed by atoms with Crippen molar-refractivity contribution < 1.29 is 0 Å². The highest BCUT2D eigenvalue weighted by Gasteiger charge is 2.26. The third-order valence-corrected chi connectivity index (χ3v) is 3.65. The van der Waals surface area contributed by atoms with Gasteiger partial charge in [-0.1, -0.05) is 26.2 Å². The first-order valence-electron chi connectivity index (χ1n) is 6.06. The third-order valence-electron chi connectivity index (χ3n) is 3.65. The van der Waals surface area contributed by atoms with Crippen molar-refractivity contribution in [3.8, 4) is 0 Å². The number of rotatable bonds is 2. The summed E-state index contributed by atoms with van der Waals surface area (Å²) in [6.45, 7) is 4.61. The van der Waals surface area contributed by atoms with Crippen LogP contribution in [-0.4, -0.2) is 18.9 Å². The zero-order valence-electron chi connectivity index (χ0n) is 9.31. The molecule has 0 saturated heterocycles. The quantitative estimate of drug-likeness (QED) is 0.718. The molecule has 80 valence electrons. The van der Waals surface area contributed by atoms with E-state index >= 15 is 0 Å². The van der Waals surface area contributed by atoms with Crippen LogP contribution < -0.4 is 5.32 Å². The van der Waals surface area contributed by atoms with Crippen LogP contribution in [0.1, 0.15) is 51.9 Å². The lowest BCUT2D eigenvalue weighted by molar-refractivity contribution is 0.218. The van der Waals surface area contributed by atoms with Crippen molar-refractivity contribution >= 4 is 5.84 Å². The molecule has 0 unspecified atom stereocenters. The van der Waals surface area contributed by atoms with Gasteiger partial charge in [-0.25, -0.2) is 0 Å². The second kappa shape index (κ2) is 4.33. The van der Waals surface area contributed by atoms with Gasteiger partial charge in [0.25, 0.3) is 0 Å². The highest BCUT2D eigenvalue weighted by Crippen LogP contribution is 2.34. The molecule has 1 aliphatic carbocycles. The Morgan fingerprint density at radius 1 is 1.21 bits per heavy atom. The Balaban J connectivity index is 1.77. The summed E-state index contributed by atoms with van der Waals surface area (Å²) in [5, 5.41) is 3.54. The summed E-state index contributed by atoms with van der Waals surface area (Å²) >= 11 is 0. The summed E-state index contributed by atoms with van der Waals surface area (Å²) in [6.07, 6.45) is 9.50. The molecule has 0 radical (unpaired) electrons. The van der Waals surface area contributed by atoms with Crippen molar-refractivity contribution in [1.82, 2.24) is 5.32 Å². The van der Waals surface area contributed by atoms with Gasteiger partial charge in [-0.2, -0.15) is 0 Å². The molecule has 1 aliphatic heterocycles. The number of amidine groups is 1. The predicted molar refractivity (Wildman–Crippen MR) is 60.7 cm³/mol. The molecular formula is C12H22N2. The molecule has 1 saturated carbocycles. The Hall–Kier alpha value is -0.530. The van der Waals surface area contributed by atoms with E-state index in [0.29, 0.717) is 5.41 Å². The van der Waals surface area contributed by atoms with Crippen LogP contribution in [0.2, 0.25) is 0 Å². The standard InChI is InChI=1S/C12H22N2/c1-12(7-3-2-4-8-12)10-14-11-6-5-9-13-11/h2-10H2,1H3,(H,13,14). The first-order chi connectivity index (χ1) is 6.79. The Labute approximate surface area is 87.2 Å². The first-order valence-corrected chi connectivity index (χ1v) is 6.06. The van der Waals surface area contributed by atoms with E-state index in [2.05, 4.69) is 17.2 Å². The number of aliphatic imine (C=N–C) groups is 1. The summed E-state index contributed by atoms with van der Waals surface area (Å²) in [4.78, 5) is 4.46. The zero-order valence-corrected chi connectivity index (χ0v) is 9.31. The van der Waals surface area contributed by atoms with E-state index in [4.69, 9.17) is 0 Å². The van der Waals surface area contributed by atoms with Crippen molar-refractivity contribution in [2.45, 2.75) is 51.9 Å². The smallest absolute Gasteiger partial charge is 0.0963 e. The molecule has 14 heavy (non-hydrogen) atoms. The fourth-order valence-corrected chi connectivity index (χ4v) is 2.58. The van der Waals surface area contributed by atoms with Gasteiger partial charge in [0.2, 0.25) is 0 Å². The molecule has 0 aromatic carbocycles. The molecule has 2 aliphatic rings. The second-order valence-corrected chi connectivity index (χ2v) is 5.16. The summed E-state index contributed by atoms with van der Waals surface area (Å²) in [5.74, 6) is 1.26. The predicted octanol–water partition coefficient (Wildman–Crippen LogP) is 2.74. The Bertz CT molecular complexity index is 214. The van der Waals surface area contributed by atoms with Crippen LogP contribution >= 0.6 is 0 Å². The molecule has 1 fully saturated rings. The molecule has 1 N–H and O–H groups in total. The Kier molecular flexibility index (Phi) is 3.09. The highest BCUT2D eigenvalue weighted by molar-refractivity contribution is 5.83. The topological polar surface area (TPSA) is 24.4 Å². The number of hydrogen-bond acceptors (Lipinski definition) is 2. The molecule has 2 nitrogen and oxygen atoms in total. The molecule has 0 spiro atoms. The van der Waals surface area contributed by atoms with E-state index in [1.165, 1.54) is 50.8 Å². The minimum absolute atomic E-state index is 0.545. The minimum atomic E-state index is 0.545. The Morgan fingerprint density at radius 3 is 2.64 bits per heavy atom. The lowest BCUT2D eigenvalue weighted by atomic mass is 9.76. The van der Waals surface area contributed by atoms with E-state index in [9.17, 15) is 0 Å². The van der Waals surface area contributed by atoms with Crippen molar-refractivity contribution in [3.05, 3.63) is 0 Å². The summed E-state index contributed by atoms with van der Waals surface area (Å²) in [6, 6.07) is 0. The number of nitrogens with one attached hydrogen (secondary N) is 1. The first kappa shape index (κ1) is 10.0. The average Bonchev–Trinajstić information content (AvgIpc) is 2.69. The van der Waals surface area contributed by atoms with Gasteiger partial charge in [0, 0.05) is 19.5 Å². The average molecular weight is 194 g/mol. The molecule has 0 aromatic rings. The molecule has 0 amide bonds. The van der Waals surface area contributed by atoms with E-state index < -0.39 is 0 Å². The maximum Gasteiger partial charge on any atom is 0.0963 e. The largest absolute Gasteiger partial charge is 0.373 e. The van der Waals surface area contributed by atoms with Crippen LogP contribution in [0.4, 0.5) is 0 Å². The van der Waals surface area contributed by atoms with Crippen LogP contribution in [0.5, 0.6) is 0 Å². The van der Waals surface area contributed by atoms with Gasteiger partial charge < -0.3 is 5.32 Å². The SMILES string of the molecule is CC1(CNC2=NCCC2)CCCCC1. The van der Waals surface area contributed by atoms with E-state index in [1.54, 1.807) is 0 Å². The van der Waals surface area contributed by atoms with Gasteiger partial charge >= 0.3 is 0 Å². The van der Waals surface area contributed by atoms with Crippen molar-refractivity contribution in [1.29, 1.82) is 0 Å². The molecule has 0 aromatic heterocycles. The summed E-state index contributed by atoms with van der Waals surface area (Å²) < 4.78 is 0. The molecule has 2 heteroatoms. The Morgan fingerprint density at radius 2 is 2.00 bits per heavy atom. The lowest BCUT2D eigenvalue weighted by Gasteiger charge is -2.34. The molecule has 0 bridgehead atoms. The normalized spacial score (nSPS) is 25.9. The molecule has 2 rings (SSSR count). The second-order valence-electron chi connectivity index (χ2n) is 5.16. The number of nitrogens with zero attached hydrogens (tertiary/aromatic N) is 1. The lowest BCUT2D eigenvalue weighted by Crippen LogP contribution is -2.36. The van der Waals surface area contributed by atoms with Gasteiger partial charge in [-0.3, -0.25) is 4.99 Å². The van der Waals surface area contributed by atoms with Crippen molar-refractivity contribution in [3.63, 3.8) is 0 Å². The van der Waals surface area contributed by atoms with Gasteiger partial charge in [0.1, 0.15) is 0 Å². The van der Waals surface area contributed by atoms with Crippen molar-refractivity contribution in [2.24, 2.45) is 10.4 Å². The van der Waals surface area contributed by atoms with E-state index in [1.807, 2.05) is 0 Å². The third kappa shape index (κ3) is 2.49. The fraction of sp³-hybridized carbons (Fsp3) is 0.917. The van der Waals surface area contributed by atoms with Gasteiger partial charge in [-0.05, 0) is 24.7 Å². The van der Waals surface area contributed by atoms with Gasteiger partial charge in [-0.15, -0.1) is 0 Å². The maximum atomic E-state index is 4.46. The molecular weight excluding hydrogens is 172 g/mol. The monoisotopic (exact) mass is 194 g/mol. The van der Waals surface area contributed by atoms with Crippen LogP contribution in [0.3, 0.4) is 0 Å². The van der Waals surface area contributed by atoms with Crippen LogP contribution in [-0.2, 0) is 0 Å². The van der Waals surface area contributed by atoms with Gasteiger partial charge in [0.15, 0.2) is 0 Å². The van der Waals surface area contributed by atoms with Crippen LogP contribution in [0.15, 0.2) is 4.99 Å². The van der Waals surface area contributed by atoms with Gasteiger partial charge in [0.05, 0.1) is 5.84 Å². The highest BCUT2D eigenvalue weighted by atomic mass is 15.0. The number of hydrogen-bond donors (Lipinski definition) is 1. The van der Waals surface area contributed by atoms with E-state index in [0.717, 1.165) is 13.1 Å². The molecule has 0 atom stereocenters. The fourth-order valence-electron chi connectivity index (χ4n) is 2.58. The van der Waals surface area contributed by atoms with Crippen LogP contribution in [0.25, 0.3) is 0 Å². The summed E-state index contributed by atoms with van der Waals surface area (Å²) in [5.41, 5.74) is 0.545. The minimum Gasteiger partial charge on any atom is -0.373 e. The summed E-state index contributed by atoms with van der Waals surface area (Å²) in [7, 11) is 0. The molecule has 1 heterocycles. The zero-order chi connectivity index (χ0) is 9.86. The van der Waals surface area contributed by atoms with Crippen LogP contribution in [0, 0.1) is 5.41 Å².